The van der Waals surface area contributed by atoms with E-state index in [0.29, 0.717) is 23.8 Å². The van der Waals surface area contributed by atoms with Crippen LogP contribution >= 0.6 is 0 Å². The largest absolute Gasteiger partial charge is 0.439 e. The Bertz CT molecular complexity index is 695. The molecule has 1 atom stereocenters. The summed E-state index contributed by atoms with van der Waals surface area (Å²) in [4.78, 5) is 8.64. The Hall–Kier alpha value is -2.44. The topological polar surface area (TPSA) is 76.0 Å². The minimum absolute atomic E-state index is 0.130. The molecular formula is C18H21N3O3. The molecule has 1 saturated heterocycles. The predicted octanol–water partition coefficient (Wildman–Crippen LogP) is 3.09. The highest BCUT2D eigenvalue weighted by Crippen LogP contribution is 2.20. The second kappa shape index (κ2) is 7.90. The van der Waals surface area contributed by atoms with Gasteiger partial charge in [-0.3, -0.25) is 15.7 Å². The van der Waals surface area contributed by atoms with Crippen molar-refractivity contribution in [3.05, 3.63) is 53.7 Å². The number of ether oxygens (including phenoxy) is 2. The lowest BCUT2D eigenvalue weighted by Gasteiger charge is -2.09. The summed E-state index contributed by atoms with van der Waals surface area (Å²) in [6, 6.07) is 11.3. The molecule has 2 aromatic rings. The van der Waals surface area contributed by atoms with E-state index in [0.717, 1.165) is 30.8 Å². The molecule has 1 aliphatic heterocycles. The monoisotopic (exact) mass is 327 g/mol. The first-order valence-corrected chi connectivity index (χ1v) is 8.02. The van der Waals surface area contributed by atoms with E-state index in [9.17, 15) is 5.21 Å². The summed E-state index contributed by atoms with van der Waals surface area (Å²) in [5, 5.41) is 9.31. The first-order valence-electron chi connectivity index (χ1n) is 8.02. The number of aryl methyl sites for hydroxylation is 1. The maximum Gasteiger partial charge on any atom is 0.219 e. The van der Waals surface area contributed by atoms with Gasteiger partial charge in [-0.1, -0.05) is 12.1 Å². The van der Waals surface area contributed by atoms with Gasteiger partial charge in [0.05, 0.1) is 12.6 Å². The van der Waals surface area contributed by atoms with E-state index in [1.165, 1.54) is 0 Å². The molecule has 0 aliphatic carbocycles. The molecule has 0 radical (unpaired) electrons. The predicted molar refractivity (Wildman–Crippen MR) is 90.8 cm³/mol. The van der Waals surface area contributed by atoms with E-state index in [-0.39, 0.29) is 6.10 Å². The number of rotatable bonds is 5. The van der Waals surface area contributed by atoms with Crippen molar-refractivity contribution < 1.29 is 14.7 Å². The van der Waals surface area contributed by atoms with Crippen LogP contribution in [-0.4, -0.2) is 35.3 Å². The molecule has 6 heteroatoms. The van der Waals surface area contributed by atoms with Gasteiger partial charge in [-0.25, -0.2) is 4.98 Å². The van der Waals surface area contributed by atoms with Gasteiger partial charge >= 0.3 is 0 Å². The van der Waals surface area contributed by atoms with Gasteiger partial charge in [0.15, 0.2) is 5.84 Å². The number of pyridine rings is 1. The highest BCUT2D eigenvalue weighted by atomic mass is 16.5. The number of nitrogens with one attached hydrogen (secondary N) is 1. The Morgan fingerprint density at radius 2 is 2.33 bits per heavy atom. The molecular weight excluding hydrogens is 306 g/mol. The lowest BCUT2D eigenvalue weighted by molar-refractivity contribution is 0.117. The maximum atomic E-state index is 9.31. The Balaban J connectivity index is 1.66. The third-order valence-corrected chi connectivity index (χ3v) is 3.80. The summed E-state index contributed by atoms with van der Waals surface area (Å²) in [5.74, 6) is 1.60. The van der Waals surface area contributed by atoms with Gasteiger partial charge in [0.1, 0.15) is 5.75 Å². The summed E-state index contributed by atoms with van der Waals surface area (Å²) >= 11 is 0. The molecule has 1 aliphatic rings. The van der Waals surface area contributed by atoms with E-state index in [2.05, 4.69) is 15.5 Å². The molecule has 24 heavy (non-hydrogen) atoms. The van der Waals surface area contributed by atoms with Crippen molar-refractivity contribution >= 4 is 5.84 Å². The maximum absolute atomic E-state index is 9.31. The Kier molecular flexibility index (Phi) is 5.40. The van der Waals surface area contributed by atoms with Crippen molar-refractivity contribution in [3.63, 3.8) is 0 Å². The average molecular weight is 327 g/mol. The minimum Gasteiger partial charge on any atom is -0.439 e. The zero-order chi connectivity index (χ0) is 16.8. The molecule has 126 valence electrons. The first kappa shape index (κ1) is 16.4. The number of hydrogen-bond donors (Lipinski definition) is 2. The highest BCUT2D eigenvalue weighted by Gasteiger charge is 2.15. The Labute approximate surface area is 141 Å². The van der Waals surface area contributed by atoms with Crippen molar-refractivity contribution in [2.24, 2.45) is 4.99 Å². The second-order valence-electron chi connectivity index (χ2n) is 5.74. The second-order valence-corrected chi connectivity index (χ2v) is 5.74. The molecule has 2 heterocycles. The number of hydroxylamine groups is 1. The van der Waals surface area contributed by atoms with Crippen LogP contribution in [0.1, 0.15) is 24.0 Å². The SMILES string of the molecule is Cc1cccc(Oc2ccc(C(=NCC3CCCO3)NO)cn2)c1. The number of aromatic nitrogens is 1. The summed E-state index contributed by atoms with van der Waals surface area (Å²) < 4.78 is 11.2. The molecule has 3 rings (SSSR count). The van der Waals surface area contributed by atoms with Crippen LogP contribution < -0.4 is 10.2 Å². The quantitative estimate of drug-likeness (QED) is 0.501. The third kappa shape index (κ3) is 4.31. The number of benzene rings is 1. The van der Waals surface area contributed by atoms with E-state index < -0.39 is 0 Å². The van der Waals surface area contributed by atoms with E-state index >= 15 is 0 Å². The van der Waals surface area contributed by atoms with E-state index in [1.54, 1.807) is 18.3 Å². The lowest BCUT2D eigenvalue weighted by Crippen LogP contribution is -2.23. The van der Waals surface area contributed by atoms with Gasteiger partial charge in [0.25, 0.3) is 0 Å². The molecule has 1 unspecified atom stereocenters. The highest BCUT2D eigenvalue weighted by molar-refractivity contribution is 5.97. The number of nitrogens with zero attached hydrogens (tertiary/aromatic N) is 2. The summed E-state index contributed by atoms with van der Waals surface area (Å²) in [6.45, 7) is 3.31. The Morgan fingerprint density at radius 1 is 1.42 bits per heavy atom. The number of aliphatic imine (C=N–C) groups is 1. The van der Waals surface area contributed by atoms with Crippen LogP contribution in [0.2, 0.25) is 0 Å². The lowest BCUT2D eigenvalue weighted by atomic mass is 10.2. The fraction of sp³-hybridized carbons (Fsp3) is 0.333. The molecule has 0 bridgehead atoms. The van der Waals surface area contributed by atoms with Gasteiger partial charge in [-0.15, -0.1) is 0 Å². The van der Waals surface area contributed by atoms with Gasteiger partial charge in [-0.2, -0.15) is 0 Å². The van der Waals surface area contributed by atoms with Crippen LogP contribution in [0.5, 0.6) is 11.6 Å². The van der Waals surface area contributed by atoms with Crippen molar-refractivity contribution in [1.29, 1.82) is 0 Å². The van der Waals surface area contributed by atoms with Crippen LogP contribution in [0.3, 0.4) is 0 Å². The fourth-order valence-electron chi connectivity index (χ4n) is 2.55. The van der Waals surface area contributed by atoms with Gasteiger partial charge in [0.2, 0.25) is 5.88 Å². The van der Waals surface area contributed by atoms with E-state index in [1.807, 2.05) is 31.2 Å². The van der Waals surface area contributed by atoms with E-state index in [4.69, 9.17) is 9.47 Å². The molecule has 1 fully saturated rings. The van der Waals surface area contributed by atoms with Crippen molar-refractivity contribution in [3.8, 4) is 11.6 Å². The third-order valence-electron chi connectivity index (χ3n) is 3.80. The standard InChI is InChI=1S/C18H21N3O3/c1-13-4-2-5-15(10-13)24-17-8-7-14(11-19-17)18(21-22)20-12-16-6-3-9-23-16/h2,4-5,7-8,10-11,16,22H,3,6,9,12H2,1H3,(H,20,21). The molecule has 0 saturated carbocycles. The van der Waals surface area contributed by atoms with Crippen molar-refractivity contribution in [2.75, 3.05) is 13.2 Å². The smallest absolute Gasteiger partial charge is 0.219 e. The van der Waals surface area contributed by atoms with Crippen LogP contribution in [0.15, 0.2) is 47.6 Å². The molecule has 6 nitrogen and oxygen atoms in total. The molecule has 0 amide bonds. The first-order chi connectivity index (χ1) is 11.7. The van der Waals surface area contributed by atoms with Gasteiger partial charge in [-0.05, 0) is 43.5 Å². The average Bonchev–Trinajstić information content (AvgIpc) is 3.10. The molecule has 1 aromatic carbocycles. The minimum atomic E-state index is 0.130. The number of amidine groups is 1. The Morgan fingerprint density at radius 3 is 3.00 bits per heavy atom. The van der Waals surface area contributed by atoms with Crippen LogP contribution in [0.25, 0.3) is 0 Å². The van der Waals surface area contributed by atoms with Crippen molar-refractivity contribution in [2.45, 2.75) is 25.9 Å². The zero-order valence-electron chi connectivity index (χ0n) is 13.6. The normalized spacial score (nSPS) is 17.8. The van der Waals surface area contributed by atoms with Gasteiger partial charge in [0, 0.05) is 24.4 Å². The van der Waals surface area contributed by atoms with Crippen molar-refractivity contribution in [1.82, 2.24) is 10.5 Å². The van der Waals surface area contributed by atoms with Crippen LogP contribution in [0.4, 0.5) is 0 Å². The van der Waals surface area contributed by atoms with Crippen LogP contribution in [-0.2, 0) is 4.74 Å². The fourth-order valence-corrected chi connectivity index (χ4v) is 2.55. The van der Waals surface area contributed by atoms with Gasteiger partial charge < -0.3 is 9.47 Å². The zero-order valence-corrected chi connectivity index (χ0v) is 13.6. The summed E-state index contributed by atoms with van der Waals surface area (Å²) in [6.07, 6.45) is 3.81. The molecule has 2 N–H and O–H groups in total. The van der Waals surface area contributed by atoms with Crippen LogP contribution in [0, 0.1) is 6.92 Å². The number of hydrogen-bond acceptors (Lipinski definition) is 5. The summed E-state index contributed by atoms with van der Waals surface area (Å²) in [5.41, 5.74) is 3.94. The molecule has 0 spiro atoms. The molecule has 1 aromatic heterocycles. The summed E-state index contributed by atoms with van der Waals surface area (Å²) in [7, 11) is 0.